The van der Waals surface area contributed by atoms with E-state index in [0.29, 0.717) is 0 Å². The Morgan fingerprint density at radius 3 is 2.48 bits per heavy atom. The molecule has 0 saturated carbocycles. The van der Waals surface area contributed by atoms with Gasteiger partial charge in [-0.3, -0.25) is 0 Å². The number of hydrogen-bond acceptors (Lipinski definition) is 2. The molecule has 0 heterocycles. The number of nitrogens with one attached hydrogen (secondary N) is 1. The molecule has 0 radical (unpaired) electrons. The molecule has 2 aromatic rings. The van der Waals surface area contributed by atoms with E-state index in [2.05, 4.69) is 43.4 Å². The molecule has 0 fully saturated rings. The monoisotopic (exact) mass is 303 g/mol. The third kappa shape index (κ3) is 3.99. The molecule has 1 unspecified atom stereocenters. The minimum atomic E-state index is 0.0826. The smallest absolute Gasteiger partial charge is 0.124 e. The van der Waals surface area contributed by atoms with Crippen LogP contribution in [0.2, 0.25) is 5.02 Å². The van der Waals surface area contributed by atoms with Crippen LogP contribution in [0.15, 0.2) is 42.5 Å². The largest absolute Gasteiger partial charge is 0.496 e. The molecule has 0 spiro atoms. The van der Waals surface area contributed by atoms with E-state index in [1.807, 2.05) is 18.2 Å². The Balaban J connectivity index is 2.44. The van der Waals surface area contributed by atoms with E-state index in [-0.39, 0.29) is 6.04 Å². The van der Waals surface area contributed by atoms with Gasteiger partial charge in [0, 0.05) is 10.6 Å². The first kappa shape index (κ1) is 15.9. The van der Waals surface area contributed by atoms with E-state index in [0.717, 1.165) is 29.3 Å². The molecule has 0 aliphatic heterocycles. The zero-order valence-electron chi connectivity index (χ0n) is 12.8. The minimum Gasteiger partial charge on any atom is -0.496 e. The summed E-state index contributed by atoms with van der Waals surface area (Å²) in [6.45, 7) is 5.20. The molecule has 112 valence electrons. The van der Waals surface area contributed by atoms with E-state index < -0.39 is 0 Å². The molecule has 1 N–H and O–H groups in total. The second-order valence-corrected chi connectivity index (χ2v) is 5.62. The summed E-state index contributed by atoms with van der Waals surface area (Å²) < 4.78 is 5.51. The van der Waals surface area contributed by atoms with Gasteiger partial charge < -0.3 is 10.1 Å². The Morgan fingerprint density at radius 2 is 1.86 bits per heavy atom. The molecule has 0 bridgehead atoms. The van der Waals surface area contributed by atoms with Crippen molar-refractivity contribution in [3.8, 4) is 5.75 Å². The van der Waals surface area contributed by atoms with Crippen molar-refractivity contribution in [2.75, 3.05) is 13.7 Å². The van der Waals surface area contributed by atoms with Crippen molar-refractivity contribution in [3.63, 3.8) is 0 Å². The number of hydrogen-bond donors (Lipinski definition) is 1. The van der Waals surface area contributed by atoms with Crippen molar-refractivity contribution in [1.29, 1.82) is 0 Å². The number of halogens is 1. The molecular weight excluding hydrogens is 282 g/mol. The standard InChI is InChI=1S/C18H22ClNO/c1-4-11-20-18(14-7-5-13(2)6-8-14)16-12-15(19)9-10-17(16)21-3/h5-10,12,18,20H,4,11H2,1-3H3. The van der Waals surface area contributed by atoms with E-state index in [4.69, 9.17) is 16.3 Å². The summed E-state index contributed by atoms with van der Waals surface area (Å²) in [5.41, 5.74) is 3.54. The number of aryl methyl sites for hydroxylation is 1. The summed E-state index contributed by atoms with van der Waals surface area (Å²) in [4.78, 5) is 0. The average molecular weight is 304 g/mol. The molecule has 0 aliphatic carbocycles. The Kier molecular flexibility index (Phi) is 5.66. The lowest BCUT2D eigenvalue weighted by Gasteiger charge is -2.22. The molecular formula is C18H22ClNO. The third-order valence-corrected chi connectivity index (χ3v) is 3.75. The molecule has 3 heteroatoms. The summed E-state index contributed by atoms with van der Waals surface area (Å²) >= 11 is 6.18. The van der Waals surface area contributed by atoms with Crippen LogP contribution in [0.25, 0.3) is 0 Å². The van der Waals surface area contributed by atoms with E-state index >= 15 is 0 Å². The summed E-state index contributed by atoms with van der Waals surface area (Å²) in [7, 11) is 1.69. The highest BCUT2D eigenvalue weighted by atomic mass is 35.5. The molecule has 2 nitrogen and oxygen atoms in total. The molecule has 0 aromatic heterocycles. The van der Waals surface area contributed by atoms with Gasteiger partial charge in [-0.2, -0.15) is 0 Å². The minimum absolute atomic E-state index is 0.0826. The van der Waals surface area contributed by atoms with E-state index in [1.165, 1.54) is 11.1 Å². The molecule has 0 saturated heterocycles. The lowest BCUT2D eigenvalue weighted by molar-refractivity contribution is 0.404. The van der Waals surface area contributed by atoms with Crippen LogP contribution in [0.4, 0.5) is 0 Å². The Labute approximate surface area is 132 Å². The first-order chi connectivity index (χ1) is 10.2. The van der Waals surface area contributed by atoms with Gasteiger partial charge >= 0.3 is 0 Å². The summed E-state index contributed by atoms with van der Waals surface area (Å²) in [6, 6.07) is 14.4. The Morgan fingerprint density at radius 1 is 1.14 bits per heavy atom. The number of rotatable bonds is 6. The van der Waals surface area contributed by atoms with Crippen molar-refractivity contribution in [3.05, 3.63) is 64.2 Å². The molecule has 1 atom stereocenters. The van der Waals surface area contributed by atoms with Crippen LogP contribution < -0.4 is 10.1 Å². The lowest BCUT2D eigenvalue weighted by Crippen LogP contribution is -2.23. The number of ether oxygens (including phenoxy) is 1. The van der Waals surface area contributed by atoms with Crippen molar-refractivity contribution in [2.24, 2.45) is 0 Å². The van der Waals surface area contributed by atoms with Crippen molar-refractivity contribution < 1.29 is 4.74 Å². The van der Waals surface area contributed by atoms with Crippen LogP contribution in [0, 0.1) is 6.92 Å². The summed E-state index contributed by atoms with van der Waals surface area (Å²) in [5.74, 6) is 0.855. The molecule has 2 rings (SSSR count). The van der Waals surface area contributed by atoms with Crippen molar-refractivity contribution in [2.45, 2.75) is 26.3 Å². The van der Waals surface area contributed by atoms with Gasteiger partial charge in [0.2, 0.25) is 0 Å². The van der Waals surface area contributed by atoms with Gasteiger partial charge in [-0.15, -0.1) is 0 Å². The first-order valence-electron chi connectivity index (χ1n) is 7.29. The predicted molar refractivity (Wildman–Crippen MR) is 89.3 cm³/mol. The summed E-state index contributed by atoms with van der Waals surface area (Å²) in [6.07, 6.45) is 1.07. The van der Waals surface area contributed by atoms with Gasteiger partial charge in [0.25, 0.3) is 0 Å². The SMILES string of the molecule is CCCNC(c1ccc(C)cc1)c1cc(Cl)ccc1OC. The van der Waals surface area contributed by atoms with Gasteiger partial charge in [0.05, 0.1) is 13.2 Å². The maximum atomic E-state index is 6.18. The molecule has 0 amide bonds. The van der Waals surface area contributed by atoms with Crippen LogP contribution in [0.5, 0.6) is 5.75 Å². The predicted octanol–water partition coefficient (Wildman–Crippen LogP) is 4.75. The molecule has 2 aromatic carbocycles. The number of methoxy groups -OCH3 is 1. The van der Waals surface area contributed by atoms with Gasteiger partial charge in [0.1, 0.15) is 5.75 Å². The fourth-order valence-electron chi connectivity index (χ4n) is 2.39. The number of benzene rings is 2. The van der Waals surface area contributed by atoms with E-state index in [9.17, 15) is 0 Å². The maximum Gasteiger partial charge on any atom is 0.124 e. The van der Waals surface area contributed by atoms with Gasteiger partial charge in [0.15, 0.2) is 0 Å². The normalized spacial score (nSPS) is 12.2. The fraction of sp³-hybridized carbons (Fsp3) is 0.333. The van der Waals surface area contributed by atoms with Crippen LogP contribution >= 0.6 is 11.6 Å². The zero-order chi connectivity index (χ0) is 15.2. The van der Waals surface area contributed by atoms with Gasteiger partial charge in [-0.25, -0.2) is 0 Å². The highest BCUT2D eigenvalue weighted by Crippen LogP contribution is 2.32. The van der Waals surface area contributed by atoms with Crippen LogP contribution in [0.1, 0.15) is 36.1 Å². The molecule has 0 aliphatic rings. The highest BCUT2D eigenvalue weighted by Gasteiger charge is 2.18. The zero-order valence-corrected chi connectivity index (χ0v) is 13.6. The third-order valence-electron chi connectivity index (χ3n) is 3.51. The first-order valence-corrected chi connectivity index (χ1v) is 7.67. The quantitative estimate of drug-likeness (QED) is 0.832. The topological polar surface area (TPSA) is 21.3 Å². The van der Waals surface area contributed by atoms with Gasteiger partial charge in [-0.1, -0.05) is 48.4 Å². The second-order valence-electron chi connectivity index (χ2n) is 5.18. The maximum absolute atomic E-state index is 6.18. The van der Waals surface area contributed by atoms with Crippen molar-refractivity contribution >= 4 is 11.6 Å². The van der Waals surface area contributed by atoms with Crippen LogP contribution in [-0.4, -0.2) is 13.7 Å². The van der Waals surface area contributed by atoms with Crippen LogP contribution in [0.3, 0.4) is 0 Å². The van der Waals surface area contributed by atoms with Crippen molar-refractivity contribution in [1.82, 2.24) is 5.32 Å². The van der Waals surface area contributed by atoms with Crippen LogP contribution in [-0.2, 0) is 0 Å². The van der Waals surface area contributed by atoms with Gasteiger partial charge in [-0.05, 0) is 43.7 Å². The highest BCUT2D eigenvalue weighted by molar-refractivity contribution is 6.30. The molecule has 21 heavy (non-hydrogen) atoms. The second kappa shape index (κ2) is 7.48. The average Bonchev–Trinajstić information content (AvgIpc) is 2.49. The Hall–Kier alpha value is -1.51. The van der Waals surface area contributed by atoms with E-state index in [1.54, 1.807) is 7.11 Å². The summed E-state index contributed by atoms with van der Waals surface area (Å²) in [5, 5.41) is 4.31. The lowest BCUT2D eigenvalue weighted by atomic mass is 9.97. The Bertz CT molecular complexity index is 580. The fourth-order valence-corrected chi connectivity index (χ4v) is 2.57.